The third kappa shape index (κ3) is 1.91. The highest BCUT2D eigenvalue weighted by molar-refractivity contribution is 5.05. The van der Waals surface area contributed by atoms with E-state index >= 15 is 0 Å². The van der Waals surface area contributed by atoms with Crippen molar-refractivity contribution < 1.29 is 4.74 Å². The van der Waals surface area contributed by atoms with Gasteiger partial charge in [0.2, 0.25) is 0 Å². The standard InChI is InChI=1S/C14H25NO/c1-13(2)4-3-12(16-13)8-14(9-15)6-10-5-11(10)7-14/h10-12H,3-9,15H2,1-2H3. The molecule has 1 aliphatic heterocycles. The zero-order valence-electron chi connectivity index (χ0n) is 10.7. The van der Waals surface area contributed by atoms with Gasteiger partial charge in [0.05, 0.1) is 11.7 Å². The van der Waals surface area contributed by atoms with Crippen LogP contribution in [0.2, 0.25) is 0 Å². The lowest BCUT2D eigenvalue weighted by Crippen LogP contribution is -2.34. The maximum atomic E-state index is 6.13. The van der Waals surface area contributed by atoms with Gasteiger partial charge in [-0.3, -0.25) is 0 Å². The molecule has 3 unspecified atom stereocenters. The highest BCUT2D eigenvalue weighted by Gasteiger charge is 2.54. The highest BCUT2D eigenvalue weighted by atomic mass is 16.5. The molecule has 0 aromatic heterocycles. The van der Waals surface area contributed by atoms with E-state index in [1.165, 1.54) is 38.5 Å². The molecule has 92 valence electrons. The second-order valence-corrected chi connectivity index (χ2v) is 7.11. The minimum absolute atomic E-state index is 0.113. The smallest absolute Gasteiger partial charge is 0.0631 e. The number of rotatable bonds is 3. The molecule has 3 atom stereocenters. The van der Waals surface area contributed by atoms with E-state index < -0.39 is 0 Å². The zero-order chi connectivity index (χ0) is 11.4. The molecule has 0 amide bonds. The Bertz CT molecular complexity index is 276. The lowest BCUT2D eigenvalue weighted by molar-refractivity contribution is -0.0355. The SMILES string of the molecule is CC1(C)CCC(CC2(CN)CC3CC3C2)O1. The Kier molecular flexibility index (Phi) is 2.38. The lowest BCUT2D eigenvalue weighted by Gasteiger charge is -2.32. The van der Waals surface area contributed by atoms with Gasteiger partial charge in [-0.2, -0.15) is 0 Å². The summed E-state index contributed by atoms with van der Waals surface area (Å²) in [5.41, 5.74) is 6.60. The Morgan fingerprint density at radius 3 is 2.44 bits per heavy atom. The van der Waals surface area contributed by atoms with Crippen molar-refractivity contribution in [3.8, 4) is 0 Å². The van der Waals surface area contributed by atoms with Gasteiger partial charge in [-0.05, 0) is 76.2 Å². The summed E-state index contributed by atoms with van der Waals surface area (Å²) in [6.07, 6.45) is 8.41. The van der Waals surface area contributed by atoms with Crippen molar-refractivity contribution in [2.45, 2.75) is 64.1 Å². The first-order valence-corrected chi connectivity index (χ1v) is 6.90. The average molecular weight is 223 g/mol. The van der Waals surface area contributed by atoms with E-state index in [0.29, 0.717) is 11.5 Å². The summed E-state index contributed by atoms with van der Waals surface area (Å²) in [7, 11) is 0. The average Bonchev–Trinajstić information content (AvgIpc) is 2.67. The number of fused-ring (bicyclic) bond motifs is 1. The fourth-order valence-corrected chi connectivity index (χ4v) is 4.13. The van der Waals surface area contributed by atoms with E-state index in [1.54, 1.807) is 0 Å². The van der Waals surface area contributed by atoms with E-state index in [4.69, 9.17) is 10.5 Å². The van der Waals surface area contributed by atoms with Gasteiger partial charge in [-0.25, -0.2) is 0 Å². The molecule has 0 aromatic carbocycles. The molecule has 16 heavy (non-hydrogen) atoms. The van der Waals surface area contributed by atoms with Crippen molar-refractivity contribution in [2.75, 3.05) is 6.54 Å². The first-order chi connectivity index (χ1) is 7.52. The van der Waals surface area contributed by atoms with E-state index in [1.807, 2.05) is 0 Å². The molecule has 2 nitrogen and oxygen atoms in total. The van der Waals surface area contributed by atoms with Crippen LogP contribution in [0.15, 0.2) is 0 Å². The molecule has 0 spiro atoms. The van der Waals surface area contributed by atoms with E-state index in [2.05, 4.69) is 13.8 Å². The summed E-state index contributed by atoms with van der Waals surface area (Å²) in [4.78, 5) is 0. The fraction of sp³-hybridized carbons (Fsp3) is 1.00. The molecule has 0 radical (unpaired) electrons. The van der Waals surface area contributed by atoms with E-state index in [9.17, 15) is 0 Å². The molecule has 3 rings (SSSR count). The van der Waals surface area contributed by atoms with Crippen LogP contribution in [0.1, 0.15) is 52.4 Å². The molecular weight excluding hydrogens is 198 g/mol. The third-order valence-electron chi connectivity index (χ3n) is 5.11. The van der Waals surface area contributed by atoms with Crippen LogP contribution in [0.4, 0.5) is 0 Å². The minimum Gasteiger partial charge on any atom is -0.372 e. The van der Waals surface area contributed by atoms with Gasteiger partial charge >= 0.3 is 0 Å². The first kappa shape index (κ1) is 11.0. The van der Waals surface area contributed by atoms with Crippen LogP contribution in [0.25, 0.3) is 0 Å². The molecule has 1 heterocycles. The van der Waals surface area contributed by atoms with Crippen LogP contribution in [-0.2, 0) is 4.74 Å². The summed E-state index contributed by atoms with van der Waals surface area (Å²) in [6, 6.07) is 0. The maximum absolute atomic E-state index is 6.13. The fourth-order valence-electron chi connectivity index (χ4n) is 4.13. The molecule has 3 aliphatic rings. The van der Waals surface area contributed by atoms with Crippen LogP contribution in [0.3, 0.4) is 0 Å². The minimum atomic E-state index is 0.113. The van der Waals surface area contributed by atoms with Gasteiger partial charge in [-0.15, -0.1) is 0 Å². The summed E-state index contributed by atoms with van der Waals surface area (Å²) in [5, 5.41) is 0. The van der Waals surface area contributed by atoms with Crippen LogP contribution in [0.5, 0.6) is 0 Å². The van der Waals surface area contributed by atoms with Crippen molar-refractivity contribution >= 4 is 0 Å². The van der Waals surface area contributed by atoms with E-state index in [-0.39, 0.29) is 5.60 Å². The van der Waals surface area contributed by atoms with Gasteiger partial charge in [0.15, 0.2) is 0 Å². The van der Waals surface area contributed by atoms with Crippen molar-refractivity contribution in [3.05, 3.63) is 0 Å². The van der Waals surface area contributed by atoms with Gasteiger partial charge in [0.25, 0.3) is 0 Å². The molecular formula is C14H25NO. The summed E-state index contributed by atoms with van der Waals surface area (Å²) in [6.45, 7) is 5.31. The van der Waals surface area contributed by atoms with Crippen molar-refractivity contribution in [2.24, 2.45) is 23.0 Å². The van der Waals surface area contributed by atoms with Crippen LogP contribution < -0.4 is 5.73 Å². The molecule has 3 fully saturated rings. The predicted molar refractivity (Wildman–Crippen MR) is 65.1 cm³/mol. The van der Waals surface area contributed by atoms with Gasteiger partial charge in [0, 0.05) is 0 Å². The van der Waals surface area contributed by atoms with Crippen molar-refractivity contribution in [1.29, 1.82) is 0 Å². The molecule has 2 saturated carbocycles. The number of nitrogens with two attached hydrogens (primary N) is 1. The first-order valence-electron chi connectivity index (χ1n) is 6.90. The Morgan fingerprint density at radius 1 is 1.25 bits per heavy atom. The number of hydrogen-bond acceptors (Lipinski definition) is 2. The van der Waals surface area contributed by atoms with Crippen molar-refractivity contribution in [3.63, 3.8) is 0 Å². The molecule has 2 aliphatic carbocycles. The molecule has 2 N–H and O–H groups in total. The molecule has 2 heteroatoms. The van der Waals surface area contributed by atoms with Gasteiger partial charge < -0.3 is 10.5 Å². The summed E-state index contributed by atoms with van der Waals surface area (Å²) < 4.78 is 6.13. The largest absolute Gasteiger partial charge is 0.372 e. The Morgan fingerprint density at radius 2 is 1.94 bits per heavy atom. The number of ether oxygens (including phenoxy) is 1. The number of hydrogen-bond donors (Lipinski definition) is 1. The van der Waals surface area contributed by atoms with Crippen LogP contribution in [-0.4, -0.2) is 18.2 Å². The van der Waals surface area contributed by atoms with E-state index in [0.717, 1.165) is 18.4 Å². The quantitative estimate of drug-likeness (QED) is 0.798. The topological polar surface area (TPSA) is 35.2 Å². The second-order valence-electron chi connectivity index (χ2n) is 7.11. The Balaban J connectivity index is 1.61. The normalized spacial score (nSPS) is 49.3. The Hall–Kier alpha value is -0.0800. The molecule has 1 saturated heterocycles. The van der Waals surface area contributed by atoms with Gasteiger partial charge in [0.1, 0.15) is 0 Å². The lowest BCUT2D eigenvalue weighted by atomic mass is 9.77. The van der Waals surface area contributed by atoms with Crippen LogP contribution >= 0.6 is 0 Å². The monoisotopic (exact) mass is 223 g/mol. The maximum Gasteiger partial charge on any atom is 0.0631 e. The summed E-state index contributed by atoms with van der Waals surface area (Å²) in [5.74, 6) is 2.05. The second kappa shape index (κ2) is 3.46. The zero-order valence-corrected chi connectivity index (χ0v) is 10.7. The van der Waals surface area contributed by atoms with Crippen molar-refractivity contribution in [1.82, 2.24) is 0 Å². The predicted octanol–water partition coefficient (Wildman–Crippen LogP) is 2.71. The van der Waals surface area contributed by atoms with Gasteiger partial charge in [-0.1, -0.05) is 0 Å². The highest BCUT2D eigenvalue weighted by Crippen LogP contribution is 2.61. The molecule has 0 bridgehead atoms. The summed E-state index contributed by atoms with van der Waals surface area (Å²) >= 11 is 0. The third-order valence-corrected chi connectivity index (χ3v) is 5.11. The Labute approximate surface area is 98.9 Å². The van der Waals surface area contributed by atoms with Crippen LogP contribution in [0, 0.1) is 17.3 Å². The molecule has 0 aromatic rings.